The normalized spacial score (nSPS) is 20.4. The summed E-state index contributed by atoms with van der Waals surface area (Å²) in [6.07, 6.45) is 1.47. The van der Waals surface area contributed by atoms with Crippen molar-refractivity contribution in [3.8, 4) is 0 Å². The maximum Gasteiger partial charge on any atom is 0.222 e. The second-order valence-electron chi connectivity index (χ2n) is 5.73. The van der Waals surface area contributed by atoms with Crippen molar-refractivity contribution in [1.82, 2.24) is 4.90 Å². The molecular formula is C15H19NO2. The third-order valence-corrected chi connectivity index (χ3v) is 3.97. The number of carbonyl (C=O) groups is 1. The number of rotatable bonds is 3. The van der Waals surface area contributed by atoms with Gasteiger partial charge in [-0.3, -0.25) is 4.79 Å². The number of nitrogens with zero attached hydrogens (tertiary/aromatic N) is 1. The maximum absolute atomic E-state index is 12.0. The van der Waals surface area contributed by atoms with Crippen LogP contribution in [-0.2, 0) is 16.0 Å². The molecule has 0 radical (unpaired) electrons. The quantitative estimate of drug-likeness (QED) is 0.812. The van der Waals surface area contributed by atoms with Gasteiger partial charge in [0, 0.05) is 19.5 Å². The molecule has 2 saturated heterocycles. The first-order valence-corrected chi connectivity index (χ1v) is 6.58. The number of hydrogen-bond acceptors (Lipinski definition) is 2. The van der Waals surface area contributed by atoms with Crippen LogP contribution in [0.5, 0.6) is 0 Å². The van der Waals surface area contributed by atoms with Crippen molar-refractivity contribution < 1.29 is 9.53 Å². The Morgan fingerprint density at radius 2 is 1.94 bits per heavy atom. The Hall–Kier alpha value is -1.35. The standard InChI is InChI=1S/C15H19NO2/c1-12-2-4-13(5-3-12)6-7-14(17)16-8-15(9-16)10-18-11-15/h2-5H,6-11H2,1H3. The highest BCUT2D eigenvalue weighted by Crippen LogP contribution is 2.37. The molecule has 96 valence electrons. The number of benzene rings is 1. The van der Waals surface area contributed by atoms with Gasteiger partial charge in [0.05, 0.1) is 18.6 Å². The Kier molecular flexibility index (Phi) is 2.86. The van der Waals surface area contributed by atoms with Gasteiger partial charge in [0.15, 0.2) is 0 Å². The van der Waals surface area contributed by atoms with Gasteiger partial charge in [0.2, 0.25) is 5.91 Å². The molecule has 3 heteroatoms. The molecule has 0 atom stereocenters. The van der Waals surface area contributed by atoms with Crippen LogP contribution >= 0.6 is 0 Å². The zero-order valence-electron chi connectivity index (χ0n) is 10.8. The van der Waals surface area contributed by atoms with Crippen molar-refractivity contribution in [2.75, 3.05) is 26.3 Å². The van der Waals surface area contributed by atoms with Crippen molar-refractivity contribution in [1.29, 1.82) is 0 Å². The van der Waals surface area contributed by atoms with Crippen LogP contribution < -0.4 is 0 Å². The second-order valence-corrected chi connectivity index (χ2v) is 5.73. The Bertz CT molecular complexity index is 440. The summed E-state index contributed by atoms with van der Waals surface area (Å²) in [5, 5.41) is 0. The molecule has 1 amide bonds. The molecule has 0 bridgehead atoms. The fraction of sp³-hybridized carbons (Fsp3) is 0.533. The van der Waals surface area contributed by atoms with Crippen LogP contribution in [0.2, 0.25) is 0 Å². The first kappa shape index (κ1) is 11.7. The van der Waals surface area contributed by atoms with E-state index in [0.717, 1.165) is 32.7 Å². The topological polar surface area (TPSA) is 29.5 Å². The van der Waals surface area contributed by atoms with Gasteiger partial charge in [0.1, 0.15) is 0 Å². The third kappa shape index (κ3) is 2.15. The molecule has 18 heavy (non-hydrogen) atoms. The highest BCUT2D eigenvalue weighted by molar-refractivity contribution is 5.77. The Morgan fingerprint density at radius 3 is 2.50 bits per heavy atom. The van der Waals surface area contributed by atoms with E-state index in [9.17, 15) is 4.79 Å². The average Bonchev–Trinajstić information content (AvgIpc) is 2.24. The zero-order chi connectivity index (χ0) is 12.6. The molecule has 3 rings (SSSR count). The summed E-state index contributed by atoms with van der Waals surface area (Å²) < 4.78 is 5.21. The SMILES string of the molecule is Cc1ccc(CCC(=O)N2CC3(COC3)C2)cc1. The van der Waals surface area contributed by atoms with Crippen molar-refractivity contribution >= 4 is 5.91 Å². The van der Waals surface area contributed by atoms with E-state index in [4.69, 9.17) is 4.74 Å². The molecule has 0 aliphatic carbocycles. The van der Waals surface area contributed by atoms with Gasteiger partial charge in [0.25, 0.3) is 0 Å². The molecule has 0 N–H and O–H groups in total. The van der Waals surface area contributed by atoms with Crippen molar-refractivity contribution in [3.05, 3.63) is 35.4 Å². The number of amides is 1. The van der Waals surface area contributed by atoms with E-state index in [2.05, 4.69) is 31.2 Å². The highest BCUT2D eigenvalue weighted by atomic mass is 16.5. The van der Waals surface area contributed by atoms with E-state index < -0.39 is 0 Å². The Labute approximate surface area is 108 Å². The lowest BCUT2D eigenvalue weighted by molar-refractivity contribution is -0.195. The molecule has 2 aliphatic rings. The number of aryl methyl sites for hydroxylation is 2. The summed E-state index contributed by atoms with van der Waals surface area (Å²) in [6.45, 7) is 5.57. The van der Waals surface area contributed by atoms with E-state index in [1.807, 2.05) is 4.90 Å². The number of ether oxygens (including phenoxy) is 1. The summed E-state index contributed by atoms with van der Waals surface area (Å²) in [7, 11) is 0. The molecule has 0 saturated carbocycles. The number of likely N-dealkylation sites (tertiary alicyclic amines) is 1. The molecule has 0 aromatic heterocycles. The smallest absolute Gasteiger partial charge is 0.222 e. The largest absolute Gasteiger partial charge is 0.380 e. The monoisotopic (exact) mass is 245 g/mol. The first-order valence-electron chi connectivity index (χ1n) is 6.58. The van der Waals surface area contributed by atoms with Gasteiger partial charge in [-0.25, -0.2) is 0 Å². The van der Waals surface area contributed by atoms with Crippen LogP contribution in [0.3, 0.4) is 0 Å². The van der Waals surface area contributed by atoms with Crippen molar-refractivity contribution in [2.45, 2.75) is 19.8 Å². The van der Waals surface area contributed by atoms with Crippen LogP contribution in [0.25, 0.3) is 0 Å². The minimum atomic E-state index is 0.285. The van der Waals surface area contributed by atoms with Gasteiger partial charge in [-0.2, -0.15) is 0 Å². The molecule has 1 aromatic carbocycles. The van der Waals surface area contributed by atoms with E-state index in [1.54, 1.807) is 0 Å². The summed E-state index contributed by atoms with van der Waals surface area (Å²) in [5.74, 6) is 0.285. The van der Waals surface area contributed by atoms with Gasteiger partial charge >= 0.3 is 0 Å². The summed E-state index contributed by atoms with van der Waals surface area (Å²) >= 11 is 0. The maximum atomic E-state index is 12.0. The lowest BCUT2D eigenvalue weighted by Gasteiger charge is -2.55. The minimum absolute atomic E-state index is 0.285. The summed E-state index contributed by atoms with van der Waals surface area (Å²) in [6, 6.07) is 8.42. The van der Waals surface area contributed by atoms with E-state index in [-0.39, 0.29) is 5.91 Å². The molecule has 1 aromatic rings. The second kappa shape index (κ2) is 4.39. The molecule has 3 nitrogen and oxygen atoms in total. The minimum Gasteiger partial charge on any atom is -0.380 e. The Morgan fingerprint density at radius 1 is 1.28 bits per heavy atom. The lowest BCUT2D eigenvalue weighted by Crippen LogP contribution is -2.67. The van der Waals surface area contributed by atoms with Gasteiger partial charge in [-0.1, -0.05) is 29.8 Å². The average molecular weight is 245 g/mol. The summed E-state index contributed by atoms with van der Waals surface area (Å²) in [4.78, 5) is 13.9. The molecule has 2 fully saturated rings. The molecule has 0 unspecified atom stereocenters. The molecular weight excluding hydrogens is 226 g/mol. The van der Waals surface area contributed by atoms with Gasteiger partial charge in [-0.05, 0) is 18.9 Å². The highest BCUT2D eigenvalue weighted by Gasteiger charge is 2.50. The van der Waals surface area contributed by atoms with Gasteiger partial charge < -0.3 is 9.64 Å². The van der Waals surface area contributed by atoms with Crippen molar-refractivity contribution in [3.63, 3.8) is 0 Å². The van der Waals surface area contributed by atoms with Crippen LogP contribution in [0.15, 0.2) is 24.3 Å². The first-order chi connectivity index (χ1) is 8.67. The fourth-order valence-electron chi connectivity index (χ4n) is 2.68. The van der Waals surface area contributed by atoms with Crippen LogP contribution in [-0.4, -0.2) is 37.1 Å². The molecule has 1 spiro atoms. The third-order valence-electron chi connectivity index (χ3n) is 3.97. The molecule has 2 heterocycles. The lowest BCUT2D eigenvalue weighted by atomic mass is 9.78. The zero-order valence-corrected chi connectivity index (χ0v) is 10.8. The van der Waals surface area contributed by atoms with Crippen LogP contribution in [0.4, 0.5) is 0 Å². The molecule has 2 aliphatic heterocycles. The Balaban J connectivity index is 1.46. The van der Waals surface area contributed by atoms with Crippen molar-refractivity contribution in [2.24, 2.45) is 5.41 Å². The number of hydrogen-bond donors (Lipinski definition) is 0. The number of carbonyl (C=O) groups excluding carboxylic acids is 1. The summed E-state index contributed by atoms with van der Waals surface area (Å²) in [5.41, 5.74) is 2.84. The van der Waals surface area contributed by atoms with Gasteiger partial charge in [-0.15, -0.1) is 0 Å². The van der Waals surface area contributed by atoms with E-state index in [1.165, 1.54) is 11.1 Å². The predicted molar refractivity (Wildman–Crippen MR) is 69.3 cm³/mol. The predicted octanol–water partition coefficient (Wildman–Crippen LogP) is 1.79. The van der Waals surface area contributed by atoms with Crippen LogP contribution in [0.1, 0.15) is 17.5 Å². The van der Waals surface area contributed by atoms with E-state index >= 15 is 0 Å². The van der Waals surface area contributed by atoms with E-state index in [0.29, 0.717) is 11.8 Å². The fourth-order valence-corrected chi connectivity index (χ4v) is 2.68. The van der Waals surface area contributed by atoms with Crippen LogP contribution in [0, 0.1) is 12.3 Å².